The molecule has 1 aromatic heterocycles. The van der Waals surface area contributed by atoms with Crippen molar-refractivity contribution in [2.75, 3.05) is 6.61 Å². The van der Waals surface area contributed by atoms with Crippen molar-refractivity contribution in [1.82, 2.24) is 9.55 Å². The van der Waals surface area contributed by atoms with Crippen molar-refractivity contribution in [3.63, 3.8) is 0 Å². The Bertz CT molecular complexity index is 219. The van der Waals surface area contributed by atoms with Gasteiger partial charge in [-0.2, -0.15) is 0 Å². The summed E-state index contributed by atoms with van der Waals surface area (Å²) in [7, 11) is 0. The monoisotopic (exact) mass is 140 g/mol. The van der Waals surface area contributed by atoms with Gasteiger partial charge < -0.3 is 9.67 Å². The Hall–Kier alpha value is -1.16. The van der Waals surface area contributed by atoms with Gasteiger partial charge >= 0.3 is 0 Å². The Morgan fingerprint density at radius 2 is 2.60 bits per heavy atom. The molecule has 1 aromatic rings. The topological polar surface area (TPSA) is 55.1 Å². The second-order valence-corrected chi connectivity index (χ2v) is 1.82. The van der Waals surface area contributed by atoms with E-state index >= 15 is 0 Å². The smallest absolute Gasteiger partial charge is 0.185 e. The predicted molar refractivity (Wildman–Crippen MR) is 34.7 cm³/mol. The van der Waals surface area contributed by atoms with E-state index in [0.29, 0.717) is 18.7 Å². The molecule has 1 N–H and O–H groups in total. The summed E-state index contributed by atoms with van der Waals surface area (Å²) < 4.78 is 1.59. The third kappa shape index (κ3) is 1.22. The molecule has 1 rings (SSSR count). The molecule has 4 heteroatoms. The van der Waals surface area contributed by atoms with Gasteiger partial charge in [-0.25, -0.2) is 4.98 Å². The largest absolute Gasteiger partial charge is 0.395 e. The molecular formula is C6H8N2O2. The van der Waals surface area contributed by atoms with E-state index in [-0.39, 0.29) is 6.61 Å². The molecule has 0 radical (unpaired) electrons. The number of carbonyl (C=O) groups is 1. The average molecular weight is 140 g/mol. The van der Waals surface area contributed by atoms with Crippen molar-refractivity contribution in [3.05, 3.63) is 18.2 Å². The predicted octanol–water partition coefficient (Wildman–Crippen LogP) is -0.312. The number of rotatable bonds is 3. The molecule has 0 aliphatic heterocycles. The number of imidazole rings is 1. The maximum atomic E-state index is 10.2. The third-order valence-electron chi connectivity index (χ3n) is 1.19. The zero-order valence-corrected chi connectivity index (χ0v) is 5.40. The fraction of sp³-hybridized carbons (Fsp3) is 0.333. The van der Waals surface area contributed by atoms with Crippen LogP contribution in [0.3, 0.4) is 0 Å². The van der Waals surface area contributed by atoms with E-state index in [1.165, 1.54) is 6.20 Å². The Morgan fingerprint density at radius 3 is 3.20 bits per heavy atom. The van der Waals surface area contributed by atoms with Crippen molar-refractivity contribution in [2.24, 2.45) is 0 Å². The molecule has 54 valence electrons. The maximum absolute atomic E-state index is 10.2. The molecule has 0 spiro atoms. The van der Waals surface area contributed by atoms with Gasteiger partial charge in [0.05, 0.1) is 6.61 Å². The van der Waals surface area contributed by atoms with Gasteiger partial charge in [0.2, 0.25) is 0 Å². The van der Waals surface area contributed by atoms with E-state index in [2.05, 4.69) is 4.98 Å². The molecule has 0 bridgehead atoms. The van der Waals surface area contributed by atoms with Gasteiger partial charge in [-0.05, 0) is 0 Å². The minimum Gasteiger partial charge on any atom is -0.395 e. The Balaban J connectivity index is 2.79. The molecule has 10 heavy (non-hydrogen) atoms. The molecule has 0 aliphatic carbocycles. The highest BCUT2D eigenvalue weighted by molar-refractivity contribution is 5.69. The SMILES string of the molecule is O=Cc1nccn1CCO. The summed E-state index contributed by atoms with van der Waals surface area (Å²) in [5, 5.41) is 8.49. The van der Waals surface area contributed by atoms with Crippen molar-refractivity contribution in [2.45, 2.75) is 6.54 Å². The molecule has 4 nitrogen and oxygen atoms in total. The first-order valence-corrected chi connectivity index (χ1v) is 2.95. The van der Waals surface area contributed by atoms with Crippen LogP contribution in [0.4, 0.5) is 0 Å². The van der Waals surface area contributed by atoms with Gasteiger partial charge in [-0.1, -0.05) is 0 Å². The minimum absolute atomic E-state index is 0.0250. The lowest BCUT2D eigenvalue weighted by atomic mass is 10.6. The normalized spacial score (nSPS) is 9.70. The molecule has 0 saturated heterocycles. The summed E-state index contributed by atoms with van der Waals surface area (Å²) in [6, 6.07) is 0. The Kier molecular flexibility index (Phi) is 2.17. The molecular weight excluding hydrogens is 132 g/mol. The zero-order chi connectivity index (χ0) is 7.40. The maximum Gasteiger partial charge on any atom is 0.185 e. The number of aliphatic hydroxyl groups is 1. The third-order valence-corrected chi connectivity index (χ3v) is 1.19. The highest BCUT2D eigenvalue weighted by atomic mass is 16.3. The number of carbonyl (C=O) groups excluding carboxylic acids is 1. The first kappa shape index (κ1) is 6.95. The number of hydrogen-bond donors (Lipinski definition) is 1. The second-order valence-electron chi connectivity index (χ2n) is 1.82. The summed E-state index contributed by atoms with van der Waals surface area (Å²) in [6.45, 7) is 0.450. The Morgan fingerprint density at radius 1 is 1.80 bits per heavy atom. The summed E-state index contributed by atoms with van der Waals surface area (Å²) in [4.78, 5) is 13.9. The van der Waals surface area contributed by atoms with Crippen LogP contribution in [0.5, 0.6) is 0 Å². The van der Waals surface area contributed by atoms with E-state index in [4.69, 9.17) is 5.11 Å². The van der Waals surface area contributed by atoms with E-state index < -0.39 is 0 Å². The number of aldehydes is 1. The van der Waals surface area contributed by atoms with E-state index in [1.54, 1.807) is 10.8 Å². The fourth-order valence-corrected chi connectivity index (χ4v) is 0.736. The molecule has 0 atom stereocenters. The highest BCUT2D eigenvalue weighted by Gasteiger charge is 1.97. The first-order chi connectivity index (χ1) is 4.88. The van der Waals surface area contributed by atoms with Gasteiger partial charge in [0, 0.05) is 18.9 Å². The second kappa shape index (κ2) is 3.12. The molecule has 0 saturated carbocycles. The fourth-order valence-electron chi connectivity index (χ4n) is 0.736. The van der Waals surface area contributed by atoms with Crippen LogP contribution in [0.2, 0.25) is 0 Å². The van der Waals surface area contributed by atoms with Gasteiger partial charge in [-0.15, -0.1) is 0 Å². The molecule has 0 aliphatic rings. The highest BCUT2D eigenvalue weighted by Crippen LogP contribution is 1.91. The molecule has 0 amide bonds. The van der Waals surface area contributed by atoms with E-state index in [0.717, 1.165) is 0 Å². The van der Waals surface area contributed by atoms with Crippen LogP contribution in [0, 0.1) is 0 Å². The van der Waals surface area contributed by atoms with Crippen LogP contribution in [0.1, 0.15) is 10.6 Å². The van der Waals surface area contributed by atoms with Crippen LogP contribution in [0.15, 0.2) is 12.4 Å². The Labute approximate surface area is 58.1 Å². The van der Waals surface area contributed by atoms with E-state index in [9.17, 15) is 4.79 Å². The van der Waals surface area contributed by atoms with Crippen molar-refractivity contribution >= 4 is 6.29 Å². The average Bonchev–Trinajstić information content (AvgIpc) is 2.36. The zero-order valence-electron chi connectivity index (χ0n) is 5.40. The summed E-state index contributed by atoms with van der Waals surface area (Å²) in [6.07, 6.45) is 3.84. The summed E-state index contributed by atoms with van der Waals surface area (Å²) >= 11 is 0. The van der Waals surface area contributed by atoms with Gasteiger partial charge in [0.25, 0.3) is 0 Å². The molecule has 1 heterocycles. The molecule has 0 unspecified atom stereocenters. The van der Waals surface area contributed by atoms with Crippen LogP contribution >= 0.6 is 0 Å². The molecule has 0 aromatic carbocycles. The lowest BCUT2D eigenvalue weighted by Crippen LogP contribution is -2.04. The van der Waals surface area contributed by atoms with Crippen LogP contribution in [0.25, 0.3) is 0 Å². The van der Waals surface area contributed by atoms with E-state index in [1.807, 2.05) is 0 Å². The van der Waals surface area contributed by atoms with Crippen molar-refractivity contribution < 1.29 is 9.90 Å². The molecule has 0 fully saturated rings. The number of aliphatic hydroxyl groups excluding tert-OH is 1. The summed E-state index contributed by atoms with van der Waals surface area (Å²) in [5.41, 5.74) is 0. The first-order valence-electron chi connectivity index (χ1n) is 2.95. The van der Waals surface area contributed by atoms with Crippen LogP contribution in [-0.4, -0.2) is 27.6 Å². The van der Waals surface area contributed by atoms with Gasteiger partial charge in [-0.3, -0.25) is 4.79 Å². The quantitative estimate of drug-likeness (QED) is 0.586. The lowest BCUT2D eigenvalue weighted by molar-refractivity contribution is 0.111. The van der Waals surface area contributed by atoms with Crippen LogP contribution in [-0.2, 0) is 6.54 Å². The number of aromatic nitrogens is 2. The van der Waals surface area contributed by atoms with Crippen molar-refractivity contribution in [1.29, 1.82) is 0 Å². The standard InChI is InChI=1S/C6H8N2O2/c9-4-3-8-2-1-7-6(8)5-10/h1-2,5,9H,3-4H2. The number of nitrogens with zero attached hydrogens (tertiary/aromatic N) is 2. The lowest BCUT2D eigenvalue weighted by Gasteiger charge is -1.97. The van der Waals surface area contributed by atoms with Gasteiger partial charge in [0.1, 0.15) is 0 Å². The van der Waals surface area contributed by atoms with Crippen molar-refractivity contribution in [3.8, 4) is 0 Å². The van der Waals surface area contributed by atoms with Crippen LogP contribution < -0.4 is 0 Å². The number of hydrogen-bond acceptors (Lipinski definition) is 3. The minimum atomic E-state index is 0.0250. The van der Waals surface area contributed by atoms with Gasteiger partial charge in [0.15, 0.2) is 12.1 Å². The summed E-state index contributed by atoms with van der Waals surface area (Å²) in [5.74, 6) is 0.356.